The monoisotopic (exact) mass is 254 g/mol. The van der Waals surface area contributed by atoms with E-state index >= 15 is 0 Å². The molecule has 5 heteroatoms. The first-order valence-electron chi connectivity index (χ1n) is 5.94. The predicted octanol–water partition coefficient (Wildman–Crippen LogP) is 2.90. The molecule has 2 atom stereocenters. The Morgan fingerprint density at radius 3 is 3.00 bits per heavy atom. The molecule has 17 heavy (non-hydrogen) atoms. The summed E-state index contributed by atoms with van der Waals surface area (Å²) in [5.41, 5.74) is 0.308. The number of nitrogens with zero attached hydrogens (tertiary/aromatic N) is 1. The summed E-state index contributed by atoms with van der Waals surface area (Å²) in [7, 11) is 0. The minimum Gasteiger partial charge on any atom is -0.481 e. The Morgan fingerprint density at radius 1 is 1.65 bits per heavy atom. The number of hydrogen-bond acceptors (Lipinski definition) is 4. The maximum absolute atomic E-state index is 11.4. The molecule has 1 fully saturated rings. The first kappa shape index (κ1) is 12.4. The van der Waals surface area contributed by atoms with Gasteiger partial charge in [0.05, 0.1) is 11.1 Å². The minimum atomic E-state index is -0.706. The van der Waals surface area contributed by atoms with Gasteiger partial charge >= 0.3 is 5.97 Å². The van der Waals surface area contributed by atoms with Crippen molar-refractivity contribution >= 4 is 22.4 Å². The van der Waals surface area contributed by atoms with Crippen LogP contribution in [0.15, 0.2) is 5.38 Å². The number of aliphatic carboxylic acids is 1. The zero-order valence-corrected chi connectivity index (χ0v) is 11.0. The number of aryl methyl sites for hydroxylation is 1. The largest absolute Gasteiger partial charge is 0.481 e. The molecule has 0 bridgehead atoms. The van der Waals surface area contributed by atoms with Crippen molar-refractivity contribution in [1.82, 2.24) is 4.98 Å². The predicted molar refractivity (Wildman–Crippen MR) is 68.5 cm³/mol. The molecule has 1 aromatic rings. The van der Waals surface area contributed by atoms with Crippen molar-refractivity contribution in [3.8, 4) is 0 Å². The summed E-state index contributed by atoms with van der Waals surface area (Å²) < 4.78 is 0. The maximum atomic E-state index is 11.4. The summed E-state index contributed by atoms with van der Waals surface area (Å²) in [6.07, 6.45) is 3.73. The quantitative estimate of drug-likeness (QED) is 0.870. The van der Waals surface area contributed by atoms with E-state index in [9.17, 15) is 9.90 Å². The van der Waals surface area contributed by atoms with Crippen LogP contribution in [0.3, 0.4) is 0 Å². The molecule has 0 spiro atoms. The standard InChI is InChI=1S/C12H18N2O2S/c1-8-7-17-11(13-8)14-9-5-3-4-6-12(9,2)10(15)16/h7,9H,3-6H2,1-2H3,(H,13,14)(H,15,16). The smallest absolute Gasteiger partial charge is 0.311 e. The molecule has 1 aliphatic rings. The average molecular weight is 254 g/mol. The van der Waals surface area contributed by atoms with Gasteiger partial charge in [0, 0.05) is 11.4 Å². The van der Waals surface area contributed by atoms with Crippen molar-refractivity contribution in [2.24, 2.45) is 5.41 Å². The lowest BCUT2D eigenvalue weighted by molar-refractivity contribution is -0.150. The van der Waals surface area contributed by atoms with Gasteiger partial charge in [0.2, 0.25) is 0 Å². The highest BCUT2D eigenvalue weighted by Crippen LogP contribution is 2.38. The lowest BCUT2D eigenvalue weighted by Crippen LogP contribution is -2.46. The Morgan fingerprint density at radius 2 is 2.41 bits per heavy atom. The van der Waals surface area contributed by atoms with Crippen molar-refractivity contribution in [3.63, 3.8) is 0 Å². The third-order valence-corrected chi connectivity index (χ3v) is 4.50. The van der Waals surface area contributed by atoms with E-state index in [0.717, 1.165) is 36.5 Å². The second kappa shape index (κ2) is 4.64. The van der Waals surface area contributed by atoms with Gasteiger partial charge in [-0.2, -0.15) is 0 Å². The zero-order chi connectivity index (χ0) is 12.5. The summed E-state index contributed by atoms with van der Waals surface area (Å²) in [4.78, 5) is 15.8. The van der Waals surface area contributed by atoms with Crippen molar-refractivity contribution in [3.05, 3.63) is 11.1 Å². The summed E-state index contributed by atoms with van der Waals surface area (Å²) in [6.45, 7) is 3.78. The third-order valence-electron chi connectivity index (χ3n) is 3.61. The van der Waals surface area contributed by atoms with Crippen molar-refractivity contribution in [2.75, 3.05) is 5.32 Å². The molecule has 0 aromatic carbocycles. The fraction of sp³-hybridized carbons (Fsp3) is 0.667. The summed E-state index contributed by atoms with van der Waals surface area (Å²) in [6, 6.07) is -0.0145. The molecule has 2 rings (SSSR count). The molecule has 1 aromatic heterocycles. The summed E-state index contributed by atoms with van der Waals surface area (Å²) in [5.74, 6) is -0.706. The summed E-state index contributed by atoms with van der Waals surface area (Å²) >= 11 is 1.54. The van der Waals surface area contributed by atoms with Crippen LogP contribution >= 0.6 is 11.3 Å². The van der Waals surface area contributed by atoms with Crippen molar-refractivity contribution in [1.29, 1.82) is 0 Å². The molecule has 4 nitrogen and oxygen atoms in total. The Balaban J connectivity index is 2.14. The Kier molecular flexibility index (Phi) is 3.38. The maximum Gasteiger partial charge on any atom is 0.311 e. The number of hydrogen-bond donors (Lipinski definition) is 2. The molecule has 1 saturated carbocycles. The van der Waals surface area contributed by atoms with Crippen LogP contribution in [0.2, 0.25) is 0 Å². The minimum absolute atomic E-state index is 0.0145. The normalized spacial score (nSPS) is 28.9. The Labute approximate surface area is 105 Å². The van der Waals surface area contributed by atoms with Crippen LogP contribution in [0.4, 0.5) is 5.13 Å². The first-order valence-corrected chi connectivity index (χ1v) is 6.82. The van der Waals surface area contributed by atoms with E-state index in [1.807, 2.05) is 19.2 Å². The van der Waals surface area contributed by atoms with Gasteiger partial charge in [-0.05, 0) is 26.7 Å². The molecule has 0 aliphatic heterocycles. The molecule has 0 amide bonds. The van der Waals surface area contributed by atoms with Crippen LogP contribution in [0.25, 0.3) is 0 Å². The highest BCUT2D eigenvalue weighted by molar-refractivity contribution is 7.13. The number of carbonyl (C=O) groups is 1. The van der Waals surface area contributed by atoms with Gasteiger partial charge in [-0.1, -0.05) is 12.8 Å². The van der Waals surface area contributed by atoms with E-state index < -0.39 is 11.4 Å². The highest BCUT2D eigenvalue weighted by atomic mass is 32.1. The van der Waals surface area contributed by atoms with Crippen LogP contribution in [0.5, 0.6) is 0 Å². The van der Waals surface area contributed by atoms with Gasteiger partial charge < -0.3 is 10.4 Å². The summed E-state index contributed by atoms with van der Waals surface area (Å²) in [5, 5.41) is 15.5. The Bertz CT molecular complexity index is 418. The van der Waals surface area contributed by atoms with Crippen LogP contribution in [-0.2, 0) is 4.79 Å². The van der Waals surface area contributed by atoms with Crippen LogP contribution in [0.1, 0.15) is 38.3 Å². The van der Waals surface area contributed by atoms with E-state index in [2.05, 4.69) is 10.3 Å². The second-order valence-electron chi connectivity index (χ2n) is 4.96. The highest BCUT2D eigenvalue weighted by Gasteiger charge is 2.43. The lowest BCUT2D eigenvalue weighted by Gasteiger charge is -2.38. The number of thiazole rings is 1. The molecular weight excluding hydrogens is 236 g/mol. The molecule has 2 unspecified atom stereocenters. The van der Waals surface area contributed by atoms with Gasteiger partial charge in [-0.25, -0.2) is 4.98 Å². The Hall–Kier alpha value is -1.10. The van der Waals surface area contributed by atoms with Crippen LogP contribution < -0.4 is 5.32 Å². The van der Waals surface area contributed by atoms with Gasteiger partial charge in [0.15, 0.2) is 5.13 Å². The molecule has 1 aliphatic carbocycles. The van der Waals surface area contributed by atoms with Gasteiger partial charge in [-0.3, -0.25) is 4.79 Å². The first-order chi connectivity index (χ1) is 8.02. The number of aromatic nitrogens is 1. The topological polar surface area (TPSA) is 62.2 Å². The number of carboxylic acids is 1. The van der Waals surface area contributed by atoms with Crippen LogP contribution in [-0.4, -0.2) is 22.1 Å². The van der Waals surface area contributed by atoms with E-state index in [1.165, 1.54) is 0 Å². The lowest BCUT2D eigenvalue weighted by atomic mass is 9.72. The van der Waals surface area contributed by atoms with Crippen molar-refractivity contribution < 1.29 is 9.90 Å². The molecule has 0 radical (unpaired) electrons. The molecular formula is C12H18N2O2S. The SMILES string of the molecule is Cc1csc(NC2CCCCC2(C)C(=O)O)n1. The average Bonchev–Trinajstić information content (AvgIpc) is 2.67. The molecule has 2 N–H and O–H groups in total. The van der Waals surface area contributed by atoms with E-state index in [0.29, 0.717) is 0 Å². The zero-order valence-electron chi connectivity index (χ0n) is 10.2. The van der Waals surface area contributed by atoms with E-state index in [1.54, 1.807) is 11.3 Å². The number of anilines is 1. The fourth-order valence-electron chi connectivity index (χ4n) is 2.39. The van der Waals surface area contributed by atoms with E-state index in [4.69, 9.17) is 0 Å². The van der Waals surface area contributed by atoms with Crippen molar-refractivity contribution in [2.45, 2.75) is 45.6 Å². The third kappa shape index (κ3) is 2.44. The number of nitrogens with one attached hydrogen (secondary N) is 1. The molecule has 0 saturated heterocycles. The molecule has 1 heterocycles. The second-order valence-corrected chi connectivity index (χ2v) is 5.82. The number of carboxylic acid groups (broad SMARTS) is 1. The molecule has 94 valence electrons. The van der Waals surface area contributed by atoms with E-state index in [-0.39, 0.29) is 6.04 Å². The number of rotatable bonds is 3. The van der Waals surface area contributed by atoms with Gasteiger partial charge in [0.1, 0.15) is 0 Å². The van der Waals surface area contributed by atoms with Crippen LogP contribution in [0, 0.1) is 12.3 Å². The van der Waals surface area contributed by atoms with Gasteiger partial charge in [0.25, 0.3) is 0 Å². The van der Waals surface area contributed by atoms with Gasteiger partial charge in [-0.15, -0.1) is 11.3 Å². The fourth-order valence-corrected chi connectivity index (χ4v) is 3.13.